The molecule has 1 aromatic rings. The number of aryl methyl sites for hydroxylation is 1. The van der Waals surface area contributed by atoms with Gasteiger partial charge in [-0.15, -0.1) is 0 Å². The molecule has 0 N–H and O–H groups in total. The van der Waals surface area contributed by atoms with Crippen LogP contribution < -0.4 is 0 Å². The lowest BCUT2D eigenvalue weighted by molar-refractivity contribution is 0.0787. The van der Waals surface area contributed by atoms with Crippen LogP contribution in [0.15, 0.2) is 18.3 Å². The summed E-state index contributed by atoms with van der Waals surface area (Å²) >= 11 is 0. The number of amides is 1. The molecule has 1 aliphatic heterocycles. The molecular formula is C12H16N2O. The van der Waals surface area contributed by atoms with E-state index in [1.165, 1.54) is 0 Å². The molecule has 0 aromatic carbocycles. The number of likely N-dealkylation sites (tertiary alicyclic amines) is 1. The summed E-state index contributed by atoms with van der Waals surface area (Å²) in [6, 6.07) is 3.74. The van der Waals surface area contributed by atoms with Crippen molar-refractivity contribution in [2.45, 2.75) is 20.3 Å². The molecule has 1 amide bonds. The van der Waals surface area contributed by atoms with Crippen LogP contribution in [0.4, 0.5) is 0 Å². The summed E-state index contributed by atoms with van der Waals surface area (Å²) in [6.45, 7) is 5.87. The second kappa shape index (κ2) is 4.01. The largest absolute Gasteiger partial charge is 0.338 e. The highest BCUT2D eigenvalue weighted by Crippen LogP contribution is 2.17. The predicted molar refractivity (Wildman–Crippen MR) is 58.7 cm³/mol. The number of carbonyl (C=O) groups excluding carboxylic acids is 1. The third-order valence-electron chi connectivity index (χ3n) is 2.87. The number of carbonyl (C=O) groups is 1. The minimum absolute atomic E-state index is 0.117. The number of nitrogens with zero attached hydrogens (tertiary/aromatic N) is 2. The third kappa shape index (κ3) is 2.17. The molecule has 1 aliphatic rings. The van der Waals surface area contributed by atoms with Gasteiger partial charge < -0.3 is 4.90 Å². The van der Waals surface area contributed by atoms with Crippen molar-refractivity contribution in [3.05, 3.63) is 29.6 Å². The van der Waals surface area contributed by atoms with Crippen LogP contribution in [0, 0.1) is 12.8 Å². The van der Waals surface area contributed by atoms with E-state index in [9.17, 15) is 4.79 Å². The van der Waals surface area contributed by atoms with E-state index in [1.54, 1.807) is 6.20 Å². The van der Waals surface area contributed by atoms with Crippen LogP contribution in [0.1, 0.15) is 29.4 Å². The minimum atomic E-state index is 0.117. The van der Waals surface area contributed by atoms with Crippen molar-refractivity contribution in [3.8, 4) is 0 Å². The van der Waals surface area contributed by atoms with Gasteiger partial charge in [-0.2, -0.15) is 0 Å². The molecule has 2 rings (SSSR count). The van der Waals surface area contributed by atoms with E-state index in [-0.39, 0.29) is 5.91 Å². The van der Waals surface area contributed by atoms with Crippen molar-refractivity contribution in [1.82, 2.24) is 9.88 Å². The normalized spacial score (nSPS) is 20.7. The monoisotopic (exact) mass is 204 g/mol. The molecule has 1 aromatic heterocycles. The van der Waals surface area contributed by atoms with Gasteiger partial charge in [0.25, 0.3) is 5.91 Å². The van der Waals surface area contributed by atoms with Crippen molar-refractivity contribution in [2.75, 3.05) is 13.1 Å². The van der Waals surface area contributed by atoms with Crippen LogP contribution in [0.5, 0.6) is 0 Å². The highest BCUT2D eigenvalue weighted by Gasteiger charge is 2.23. The molecule has 0 aliphatic carbocycles. The summed E-state index contributed by atoms with van der Waals surface area (Å²) in [7, 11) is 0. The van der Waals surface area contributed by atoms with Crippen LogP contribution >= 0.6 is 0 Å². The van der Waals surface area contributed by atoms with Crippen LogP contribution in [-0.4, -0.2) is 28.9 Å². The molecule has 0 saturated carbocycles. The SMILES string of the molecule is Cc1ccc(C(=O)N2CCC(C)C2)cn1. The average molecular weight is 204 g/mol. The molecule has 1 unspecified atom stereocenters. The van der Waals surface area contributed by atoms with Gasteiger partial charge in [0.2, 0.25) is 0 Å². The first-order valence-electron chi connectivity index (χ1n) is 5.39. The molecule has 3 nitrogen and oxygen atoms in total. The van der Waals surface area contributed by atoms with E-state index in [0.29, 0.717) is 11.5 Å². The van der Waals surface area contributed by atoms with E-state index in [0.717, 1.165) is 25.2 Å². The Balaban J connectivity index is 2.11. The Morgan fingerprint density at radius 3 is 2.87 bits per heavy atom. The fourth-order valence-corrected chi connectivity index (χ4v) is 1.90. The molecular weight excluding hydrogens is 188 g/mol. The lowest BCUT2D eigenvalue weighted by Crippen LogP contribution is -2.28. The van der Waals surface area contributed by atoms with Gasteiger partial charge in [0.15, 0.2) is 0 Å². The van der Waals surface area contributed by atoms with Gasteiger partial charge >= 0.3 is 0 Å². The van der Waals surface area contributed by atoms with E-state index in [1.807, 2.05) is 24.0 Å². The lowest BCUT2D eigenvalue weighted by atomic mass is 10.2. The molecule has 2 heterocycles. The standard InChI is InChI=1S/C12H16N2O/c1-9-5-6-14(8-9)12(15)11-4-3-10(2)13-7-11/h3-4,7,9H,5-6,8H2,1-2H3. The summed E-state index contributed by atoms with van der Waals surface area (Å²) in [5.74, 6) is 0.749. The molecule has 3 heteroatoms. The van der Waals surface area contributed by atoms with Gasteiger partial charge in [-0.1, -0.05) is 6.92 Å². The first kappa shape index (κ1) is 10.1. The highest BCUT2D eigenvalue weighted by molar-refractivity contribution is 5.94. The Bertz CT molecular complexity index is 358. The molecule has 0 radical (unpaired) electrons. The van der Waals surface area contributed by atoms with Crippen molar-refractivity contribution in [2.24, 2.45) is 5.92 Å². The quantitative estimate of drug-likeness (QED) is 0.699. The Morgan fingerprint density at radius 2 is 2.33 bits per heavy atom. The van der Waals surface area contributed by atoms with Gasteiger partial charge in [-0.3, -0.25) is 9.78 Å². The van der Waals surface area contributed by atoms with E-state index >= 15 is 0 Å². The zero-order valence-electron chi connectivity index (χ0n) is 9.23. The fraction of sp³-hybridized carbons (Fsp3) is 0.500. The van der Waals surface area contributed by atoms with Gasteiger partial charge in [0, 0.05) is 25.0 Å². The van der Waals surface area contributed by atoms with Crippen molar-refractivity contribution >= 4 is 5.91 Å². The van der Waals surface area contributed by atoms with Gasteiger partial charge in [0.1, 0.15) is 0 Å². The number of hydrogen-bond donors (Lipinski definition) is 0. The van der Waals surface area contributed by atoms with Crippen molar-refractivity contribution < 1.29 is 4.79 Å². The maximum atomic E-state index is 12.0. The number of pyridine rings is 1. The lowest BCUT2D eigenvalue weighted by Gasteiger charge is -2.15. The second-order valence-corrected chi connectivity index (χ2v) is 4.33. The third-order valence-corrected chi connectivity index (χ3v) is 2.87. The topological polar surface area (TPSA) is 33.2 Å². The average Bonchev–Trinajstić information content (AvgIpc) is 2.65. The second-order valence-electron chi connectivity index (χ2n) is 4.33. The molecule has 0 spiro atoms. The zero-order chi connectivity index (χ0) is 10.8. The van der Waals surface area contributed by atoms with E-state index in [2.05, 4.69) is 11.9 Å². The Hall–Kier alpha value is -1.38. The first-order chi connectivity index (χ1) is 7.16. The molecule has 80 valence electrons. The molecule has 1 atom stereocenters. The summed E-state index contributed by atoms with van der Waals surface area (Å²) in [6.07, 6.45) is 2.78. The fourth-order valence-electron chi connectivity index (χ4n) is 1.90. The summed E-state index contributed by atoms with van der Waals surface area (Å²) in [4.78, 5) is 18.0. The van der Waals surface area contributed by atoms with Gasteiger partial charge in [0.05, 0.1) is 5.56 Å². The van der Waals surface area contributed by atoms with Crippen LogP contribution in [0.25, 0.3) is 0 Å². The molecule has 1 fully saturated rings. The van der Waals surface area contributed by atoms with Crippen LogP contribution in [0.2, 0.25) is 0 Å². The highest BCUT2D eigenvalue weighted by atomic mass is 16.2. The van der Waals surface area contributed by atoms with Crippen molar-refractivity contribution in [3.63, 3.8) is 0 Å². The Morgan fingerprint density at radius 1 is 1.53 bits per heavy atom. The maximum Gasteiger partial charge on any atom is 0.255 e. The summed E-state index contributed by atoms with van der Waals surface area (Å²) < 4.78 is 0. The van der Waals surface area contributed by atoms with Crippen LogP contribution in [-0.2, 0) is 0 Å². The number of hydrogen-bond acceptors (Lipinski definition) is 2. The molecule has 15 heavy (non-hydrogen) atoms. The number of rotatable bonds is 1. The minimum Gasteiger partial charge on any atom is -0.338 e. The molecule has 1 saturated heterocycles. The zero-order valence-corrected chi connectivity index (χ0v) is 9.23. The van der Waals surface area contributed by atoms with E-state index in [4.69, 9.17) is 0 Å². The van der Waals surface area contributed by atoms with Crippen molar-refractivity contribution in [1.29, 1.82) is 0 Å². The van der Waals surface area contributed by atoms with E-state index < -0.39 is 0 Å². The Labute approximate surface area is 90.1 Å². The molecule has 0 bridgehead atoms. The Kier molecular flexibility index (Phi) is 2.71. The number of aromatic nitrogens is 1. The predicted octanol–water partition coefficient (Wildman–Crippen LogP) is 1.87. The van der Waals surface area contributed by atoms with Crippen LogP contribution in [0.3, 0.4) is 0 Å². The summed E-state index contributed by atoms with van der Waals surface area (Å²) in [5.41, 5.74) is 1.65. The van der Waals surface area contributed by atoms with Gasteiger partial charge in [-0.25, -0.2) is 0 Å². The smallest absolute Gasteiger partial charge is 0.255 e. The maximum absolute atomic E-state index is 12.0. The first-order valence-corrected chi connectivity index (χ1v) is 5.39. The summed E-state index contributed by atoms with van der Waals surface area (Å²) in [5, 5.41) is 0. The van der Waals surface area contributed by atoms with Gasteiger partial charge in [-0.05, 0) is 31.4 Å².